The van der Waals surface area contributed by atoms with Gasteiger partial charge in [-0.25, -0.2) is 0 Å². The summed E-state index contributed by atoms with van der Waals surface area (Å²) in [6.07, 6.45) is 6.49. The zero-order valence-electron chi connectivity index (χ0n) is 20.3. The van der Waals surface area contributed by atoms with Gasteiger partial charge in [-0.2, -0.15) is 0 Å². The lowest BCUT2D eigenvalue weighted by molar-refractivity contribution is -0.135. The topological polar surface area (TPSA) is 158 Å². The monoisotopic (exact) mass is 488 g/mol. The quantitative estimate of drug-likeness (QED) is 0.424. The maximum atomic E-state index is 12.7. The van der Waals surface area contributed by atoms with Gasteiger partial charge in [-0.3, -0.25) is 19.3 Å². The number of nitrogens with one attached hydrogen (secondary N) is 2. The fraction of sp³-hybridized carbons (Fsp3) is 0.560. The van der Waals surface area contributed by atoms with Crippen LogP contribution in [0.5, 0.6) is 0 Å². The fourth-order valence-corrected chi connectivity index (χ4v) is 4.70. The van der Waals surface area contributed by atoms with Crippen LogP contribution in [0.1, 0.15) is 38.7 Å². The van der Waals surface area contributed by atoms with Gasteiger partial charge in [-0.1, -0.05) is 18.2 Å². The van der Waals surface area contributed by atoms with E-state index in [-0.39, 0.29) is 11.9 Å². The number of carbonyl (C=O) groups is 3. The zero-order chi connectivity index (χ0) is 25.5. The summed E-state index contributed by atoms with van der Waals surface area (Å²) in [6.45, 7) is 4.90. The van der Waals surface area contributed by atoms with Crippen molar-refractivity contribution >= 4 is 28.7 Å². The molecule has 0 bridgehead atoms. The molecule has 10 heteroatoms. The van der Waals surface area contributed by atoms with Crippen molar-refractivity contribution in [3.05, 3.63) is 36.0 Å². The van der Waals surface area contributed by atoms with Crippen molar-refractivity contribution in [2.75, 3.05) is 19.7 Å². The summed E-state index contributed by atoms with van der Waals surface area (Å²) in [6, 6.07) is 8.21. The van der Waals surface area contributed by atoms with E-state index in [2.05, 4.69) is 21.3 Å². The number of fused-ring (bicyclic) bond motifs is 2. The number of nitrogens with zero attached hydrogens (tertiary/aromatic N) is 1. The van der Waals surface area contributed by atoms with Crippen molar-refractivity contribution in [2.24, 2.45) is 11.7 Å². The van der Waals surface area contributed by atoms with Crippen LogP contribution in [0, 0.1) is 5.92 Å². The van der Waals surface area contributed by atoms with E-state index in [9.17, 15) is 4.79 Å². The number of aliphatic carboxylic acids is 2. The lowest BCUT2D eigenvalue weighted by atomic mass is 10.0. The first-order valence-electron chi connectivity index (χ1n) is 12.0. The standard InChI is InChI=1S/C21H28N4O2.2C2H4O2/c22-18(7-14-9-23-19-4-2-1-3-17(14)19)21(26)24-15-8-16-12-27-20(13-5-6-13)11-25(16)10-15;2*1-2(3)4/h1-4,9,13,15-16,18,20,23H,5-8,10-12,22H2,(H,24,26);2*1H3,(H,3,4)/t15-,16-,18+,20-;;/m0../s1. The zero-order valence-corrected chi connectivity index (χ0v) is 20.3. The lowest BCUT2D eigenvalue weighted by Gasteiger charge is -2.35. The molecule has 1 aromatic heterocycles. The molecule has 1 aliphatic carbocycles. The number of carbonyl (C=O) groups excluding carboxylic acids is 1. The van der Waals surface area contributed by atoms with E-state index in [1.165, 1.54) is 12.8 Å². The van der Waals surface area contributed by atoms with Crippen LogP contribution in [0.2, 0.25) is 0 Å². The molecule has 2 aliphatic heterocycles. The second-order valence-electron chi connectivity index (χ2n) is 9.47. The largest absolute Gasteiger partial charge is 0.481 e. The molecular weight excluding hydrogens is 452 g/mol. The molecule has 35 heavy (non-hydrogen) atoms. The van der Waals surface area contributed by atoms with Crippen molar-refractivity contribution in [2.45, 2.75) is 63.8 Å². The van der Waals surface area contributed by atoms with Gasteiger partial charge in [0.1, 0.15) is 0 Å². The highest BCUT2D eigenvalue weighted by Gasteiger charge is 2.42. The molecule has 2 aromatic rings. The van der Waals surface area contributed by atoms with Gasteiger partial charge in [0, 0.05) is 56.1 Å². The highest BCUT2D eigenvalue weighted by Crippen LogP contribution is 2.37. The van der Waals surface area contributed by atoms with Crippen molar-refractivity contribution in [3.8, 4) is 0 Å². The number of carboxylic acids is 2. The van der Waals surface area contributed by atoms with Crippen molar-refractivity contribution in [1.82, 2.24) is 15.2 Å². The molecule has 1 amide bonds. The van der Waals surface area contributed by atoms with E-state index < -0.39 is 18.0 Å². The summed E-state index contributed by atoms with van der Waals surface area (Å²) in [4.78, 5) is 36.4. The Kier molecular flexibility index (Phi) is 9.25. The Bertz CT molecular complexity index is 1000. The molecule has 0 unspecified atom stereocenters. The Balaban J connectivity index is 0.000000376. The molecule has 3 heterocycles. The Hall–Kier alpha value is -2.95. The predicted octanol–water partition coefficient (Wildman–Crippen LogP) is 1.59. The Morgan fingerprint density at radius 1 is 1.17 bits per heavy atom. The number of hydrogen-bond acceptors (Lipinski definition) is 6. The van der Waals surface area contributed by atoms with E-state index in [1.54, 1.807) is 0 Å². The van der Waals surface area contributed by atoms with E-state index in [0.29, 0.717) is 18.6 Å². The molecule has 2 saturated heterocycles. The van der Waals surface area contributed by atoms with Gasteiger partial charge in [0.05, 0.1) is 18.8 Å². The molecule has 10 nitrogen and oxygen atoms in total. The SMILES string of the molecule is CC(=O)O.CC(=O)O.N[C@H](Cc1c[nH]c2ccccc12)C(=O)N[C@H]1C[C@H]2CO[C@H](C3CC3)CN2C1. The first-order chi connectivity index (χ1) is 16.6. The van der Waals surface area contributed by atoms with E-state index in [4.69, 9.17) is 30.3 Å². The van der Waals surface area contributed by atoms with Gasteiger partial charge >= 0.3 is 0 Å². The number of amides is 1. The average molecular weight is 489 g/mol. The fourth-order valence-electron chi connectivity index (χ4n) is 4.70. The minimum atomic E-state index is -0.833. The summed E-state index contributed by atoms with van der Waals surface area (Å²) >= 11 is 0. The molecule has 192 valence electrons. The number of hydrogen-bond donors (Lipinski definition) is 5. The third kappa shape index (κ3) is 8.05. The van der Waals surface area contributed by atoms with Crippen LogP contribution in [0.25, 0.3) is 10.9 Å². The highest BCUT2D eigenvalue weighted by atomic mass is 16.5. The first kappa shape index (κ1) is 26.7. The predicted molar refractivity (Wildman–Crippen MR) is 131 cm³/mol. The minimum Gasteiger partial charge on any atom is -0.481 e. The number of morpholine rings is 1. The second kappa shape index (κ2) is 12.1. The number of rotatable bonds is 5. The molecule has 0 radical (unpaired) electrons. The number of carboxylic acid groups (broad SMARTS) is 2. The Labute approximate surface area is 204 Å². The molecule has 5 rings (SSSR count). The molecule has 4 atom stereocenters. The molecule has 6 N–H and O–H groups in total. The molecule has 1 saturated carbocycles. The number of nitrogens with two attached hydrogens (primary N) is 1. The third-order valence-electron chi connectivity index (χ3n) is 6.39. The van der Waals surface area contributed by atoms with Gasteiger partial charge in [-0.15, -0.1) is 0 Å². The summed E-state index contributed by atoms with van der Waals surface area (Å²) < 4.78 is 6.05. The maximum Gasteiger partial charge on any atom is 0.300 e. The number of benzene rings is 1. The molecule has 0 spiro atoms. The summed E-state index contributed by atoms with van der Waals surface area (Å²) in [5.41, 5.74) is 8.41. The second-order valence-corrected chi connectivity index (χ2v) is 9.47. The summed E-state index contributed by atoms with van der Waals surface area (Å²) in [7, 11) is 0. The van der Waals surface area contributed by atoms with Gasteiger partial charge in [0.2, 0.25) is 5.91 Å². The van der Waals surface area contributed by atoms with Crippen molar-refractivity contribution in [3.63, 3.8) is 0 Å². The maximum absolute atomic E-state index is 12.7. The summed E-state index contributed by atoms with van der Waals surface area (Å²) in [5.74, 6) is -0.950. The molecular formula is C25H36N4O6. The summed E-state index contributed by atoms with van der Waals surface area (Å²) in [5, 5.41) is 19.2. The molecule has 3 aliphatic rings. The minimum absolute atomic E-state index is 0.0511. The van der Waals surface area contributed by atoms with Crippen molar-refractivity contribution in [1.29, 1.82) is 0 Å². The number of aromatic amines is 1. The van der Waals surface area contributed by atoms with E-state index in [0.717, 1.165) is 62.3 Å². The van der Waals surface area contributed by atoms with Crippen LogP contribution in [-0.2, 0) is 25.5 Å². The van der Waals surface area contributed by atoms with Crippen LogP contribution in [0.3, 0.4) is 0 Å². The van der Waals surface area contributed by atoms with Crippen LogP contribution in [-0.4, -0.2) is 81.9 Å². The van der Waals surface area contributed by atoms with Gasteiger partial charge in [-0.05, 0) is 43.2 Å². The van der Waals surface area contributed by atoms with Gasteiger partial charge < -0.3 is 31.0 Å². The van der Waals surface area contributed by atoms with Gasteiger partial charge in [0.15, 0.2) is 0 Å². The Morgan fingerprint density at radius 2 is 1.83 bits per heavy atom. The van der Waals surface area contributed by atoms with E-state index in [1.807, 2.05) is 24.4 Å². The lowest BCUT2D eigenvalue weighted by Crippen LogP contribution is -2.48. The third-order valence-corrected chi connectivity index (χ3v) is 6.39. The smallest absolute Gasteiger partial charge is 0.300 e. The first-order valence-corrected chi connectivity index (χ1v) is 12.0. The molecule has 1 aromatic carbocycles. The van der Waals surface area contributed by atoms with E-state index >= 15 is 0 Å². The Morgan fingerprint density at radius 3 is 2.49 bits per heavy atom. The molecule has 3 fully saturated rings. The van der Waals surface area contributed by atoms with Gasteiger partial charge in [0.25, 0.3) is 11.9 Å². The van der Waals surface area contributed by atoms with Crippen LogP contribution >= 0.6 is 0 Å². The number of ether oxygens (including phenoxy) is 1. The van der Waals surface area contributed by atoms with Crippen LogP contribution in [0.15, 0.2) is 30.5 Å². The average Bonchev–Trinajstić information content (AvgIpc) is 3.44. The van der Waals surface area contributed by atoms with Crippen LogP contribution in [0.4, 0.5) is 0 Å². The number of para-hydroxylation sites is 1. The number of H-pyrrole nitrogens is 1. The normalized spacial score (nSPS) is 24.3. The van der Waals surface area contributed by atoms with Crippen LogP contribution < -0.4 is 11.1 Å². The number of aromatic nitrogens is 1. The highest BCUT2D eigenvalue weighted by molar-refractivity contribution is 5.86. The van der Waals surface area contributed by atoms with Crippen molar-refractivity contribution < 1.29 is 29.3 Å².